The fourth-order valence-electron chi connectivity index (χ4n) is 3.63. The highest BCUT2D eigenvalue weighted by atomic mass is 127. The summed E-state index contributed by atoms with van der Waals surface area (Å²) in [5.74, 6) is 2.76. The number of aliphatic imine (C=N–C) groups is 1. The van der Waals surface area contributed by atoms with Crippen molar-refractivity contribution in [2.45, 2.75) is 38.6 Å². The average molecular weight is 566 g/mol. The number of benzene rings is 2. The summed E-state index contributed by atoms with van der Waals surface area (Å²) in [6.07, 6.45) is 1.77. The summed E-state index contributed by atoms with van der Waals surface area (Å²) >= 11 is 0. The van der Waals surface area contributed by atoms with E-state index >= 15 is 0 Å². The Balaban J connectivity index is 0.00000306. The van der Waals surface area contributed by atoms with Gasteiger partial charge < -0.3 is 20.1 Å². The van der Waals surface area contributed by atoms with Gasteiger partial charge in [0.25, 0.3) is 0 Å². The zero-order valence-corrected chi connectivity index (χ0v) is 21.0. The molecule has 0 saturated carbocycles. The maximum absolute atomic E-state index is 14.0. The fraction of sp³-hybridized carbons (Fsp3) is 0.348. The number of hydrogen-bond donors (Lipinski definition) is 2. The second-order valence-electron chi connectivity index (χ2n) is 7.51. The van der Waals surface area contributed by atoms with E-state index in [2.05, 4.69) is 25.7 Å². The molecule has 0 spiro atoms. The largest absolute Gasteiger partial charge is 0.454 e. The van der Waals surface area contributed by atoms with E-state index in [4.69, 9.17) is 9.47 Å². The van der Waals surface area contributed by atoms with E-state index in [1.165, 1.54) is 6.07 Å². The van der Waals surface area contributed by atoms with E-state index in [9.17, 15) is 4.39 Å². The number of nitrogens with zero attached hydrogens (tertiary/aromatic N) is 4. The highest BCUT2D eigenvalue weighted by Gasteiger charge is 2.22. The van der Waals surface area contributed by atoms with Gasteiger partial charge in [0, 0.05) is 38.7 Å². The summed E-state index contributed by atoms with van der Waals surface area (Å²) in [5, 5.41) is 11.3. The molecule has 1 atom stereocenters. The maximum Gasteiger partial charge on any atom is 0.191 e. The Morgan fingerprint density at radius 1 is 1.18 bits per heavy atom. The summed E-state index contributed by atoms with van der Waals surface area (Å²) < 4.78 is 26.9. The molecule has 8 nitrogen and oxygen atoms in total. The number of guanidine groups is 1. The van der Waals surface area contributed by atoms with Crippen LogP contribution in [0.3, 0.4) is 0 Å². The van der Waals surface area contributed by atoms with Gasteiger partial charge in [0.2, 0.25) is 0 Å². The van der Waals surface area contributed by atoms with Gasteiger partial charge >= 0.3 is 0 Å². The monoisotopic (exact) mass is 566 g/mol. The van der Waals surface area contributed by atoms with Crippen LogP contribution in [0.2, 0.25) is 0 Å². The number of fused-ring (bicyclic) bond motifs is 1. The molecule has 1 aliphatic heterocycles. The van der Waals surface area contributed by atoms with Crippen molar-refractivity contribution in [2.75, 3.05) is 14.2 Å². The van der Waals surface area contributed by atoms with E-state index in [1.54, 1.807) is 32.4 Å². The third kappa shape index (κ3) is 6.41. The van der Waals surface area contributed by atoms with Crippen LogP contribution in [-0.4, -0.2) is 40.9 Å². The van der Waals surface area contributed by atoms with Gasteiger partial charge in [-0.05, 0) is 24.6 Å². The molecule has 10 heteroatoms. The predicted molar refractivity (Wildman–Crippen MR) is 135 cm³/mol. The molecular formula is C23H28FIN6O2. The van der Waals surface area contributed by atoms with Crippen LogP contribution >= 0.6 is 24.0 Å². The normalized spacial score (nSPS) is 15.4. The topological polar surface area (TPSA) is 85.6 Å². The minimum absolute atomic E-state index is 0. The number of ether oxygens (including phenoxy) is 2. The average Bonchev–Trinajstić information content (AvgIpc) is 3.21. The van der Waals surface area contributed by atoms with Crippen molar-refractivity contribution < 1.29 is 13.9 Å². The number of nitrogens with one attached hydrogen (secondary N) is 2. The van der Waals surface area contributed by atoms with Gasteiger partial charge in [0.15, 0.2) is 23.4 Å². The standard InChI is InChI=1S/C23H27FN6O2.HI/c1-25-23(27-17-11-12-22-28-21(15-31-2)29-30(22)14-17)26-13-16-7-3-5-9-19(16)32-20-10-6-4-8-18(20)24;/h3-10,17H,11-15H2,1-2H3,(H2,25,26,27);1H. The third-order valence-corrected chi connectivity index (χ3v) is 5.22. The van der Waals surface area contributed by atoms with Crippen LogP contribution in [0.5, 0.6) is 11.5 Å². The Hall–Kier alpha value is -2.73. The smallest absolute Gasteiger partial charge is 0.191 e. The Kier molecular flexibility index (Phi) is 9.01. The zero-order valence-electron chi connectivity index (χ0n) is 18.6. The number of halogens is 2. The van der Waals surface area contributed by atoms with Crippen LogP contribution < -0.4 is 15.4 Å². The molecule has 2 heterocycles. The first-order valence-electron chi connectivity index (χ1n) is 10.5. The molecule has 0 amide bonds. The Morgan fingerprint density at radius 3 is 2.70 bits per heavy atom. The van der Waals surface area contributed by atoms with Gasteiger partial charge in [-0.3, -0.25) is 4.99 Å². The molecule has 0 bridgehead atoms. The minimum atomic E-state index is -0.397. The maximum atomic E-state index is 14.0. The lowest BCUT2D eigenvalue weighted by Crippen LogP contribution is -2.46. The zero-order chi connectivity index (χ0) is 22.3. The molecule has 1 unspecified atom stereocenters. The van der Waals surface area contributed by atoms with E-state index in [0.717, 1.165) is 24.2 Å². The molecule has 1 aliphatic rings. The third-order valence-electron chi connectivity index (χ3n) is 5.22. The van der Waals surface area contributed by atoms with Crippen LogP contribution in [-0.2, 0) is 30.9 Å². The van der Waals surface area contributed by atoms with Crippen molar-refractivity contribution >= 4 is 29.9 Å². The van der Waals surface area contributed by atoms with Crippen LogP contribution in [0, 0.1) is 5.82 Å². The summed E-state index contributed by atoms with van der Waals surface area (Å²) in [4.78, 5) is 8.86. The summed E-state index contributed by atoms with van der Waals surface area (Å²) in [6, 6.07) is 14.1. The van der Waals surface area contributed by atoms with E-state index in [0.29, 0.717) is 37.2 Å². The number of methoxy groups -OCH3 is 1. The van der Waals surface area contributed by atoms with Crippen molar-refractivity contribution in [3.63, 3.8) is 0 Å². The second kappa shape index (κ2) is 11.9. The second-order valence-corrected chi connectivity index (χ2v) is 7.51. The highest BCUT2D eigenvalue weighted by molar-refractivity contribution is 14.0. The first-order chi connectivity index (χ1) is 15.7. The summed E-state index contributed by atoms with van der Waals surface area (Å²) in [6.45, 7) is 1.60. The molecule has 2 aromatic carbocycles. The van der Waals surface area contributed by atoms with Crippen LogP contribution in [0.1, 0.15) is 23.6 Å². The number of rotatable bonds is 7. The van der Waals surface area contributed by atoms with Crippen molar-refractivity contribution in [1.82, 2.24) is 25.4 Å². The van der Waals surface area contributed by atoms with Gasteiger partial charge in [-0.15, -0.1) is 24.0 Å². The quantitative estimate of drug-likeness (QED) is 0.258. The molecule has 0 aliphatic carbocycles. The Labute approximate surface area is 209 Å². The van der Waals surface area contributed by atoms with Gasteiger partial charge in [-0.25, -0.2) is 14.1 Å². The molecule has 1 aromatic heterocycles. The van der Waals surface area contributed by atoms with Crippen molar-refractivity contribution in [1.29, 1.82) is 0 Å². The van der Waals surface area contributed by atoms with Gasteiger partial charge in [0.05, 0.1) is 6.54 Å². The first-order valence-corrected chi connectivity index (χ1v) is 10.5. The van der Waals surface area contributed by atoms with Gasteiger partial charge in [-0.2, -0.15) is 5.10 Å². The van der Waals surface area contributed by atoms with Crippen molar-refractivity contribution in [3.8, 4) is 11.5 Å². The molecule has 33 heavy (non-hydrogen) atoms. The molecule has 0 fully saturated rings. The molecule has 0 radical (unpaired) electrons. The van der Waals surface area contributed by atoms with Crippen LogP contribution in [0.25, 0.3) is 0 Å². The lowest BCUT2D eigenvalue weighted by Gasteiger charge is -2.25. The number of hydrogen-bond acceptors (Lipinski definition) is 5. The number of para-hydroxylation sites is 2. The summed E-state index contributed by atoms with van der Waals surface area (Å²) in [5.41, 5.74) is 0.894. The molecule has 4 rings (SSSR count). The lowest BCUT2D eigenvalue weighted by atomic mass is 10.1. The van der Waals surface area contributed by atoms with E-state index in [1.807, 2.05) is 28.9 Å². The highest BCUT2D eigenvalue weighted by Crippen LogP contribution is 2.27. The summed E-state index contributed by atoms with van der Waals surface area (Å²) in [7, 11) is 3.37. The predicted octanol–water partition coefficient (Wildman–Crippen LogP) is 3.65. The fourth-order valence-corrected chi connectivity index (χ4v) is 3.63. The Bertz CT molecular complexity index is 1090. The molecular weight excluding hydrogens is 538 g/mol. The lowest BCUT2D eigenvalue weighted by molar-refractivity contribution is 0.177. The van der Waals surface area contributed by atoms with Crippen molar-refractivity contribution in [2.24, 2.45) is 4.99 Å². The van der Waals surface area contributed by atoms with Gasteiger partial charge in [0.1, 0.15) is 18.2 Å². The number of aryl methyl sites for hydroxylation is 1. The molecule has 3 aromatic rings. The molecule has 0 saturated heterocycles. The minimum Gasteiger partial charge on any atom is -0.454 e. The van der Waals surface area contributed by atoms with Crippen molar-refractivity contribution in [3.05, 3.63) is 71.6 Å². The van der Waals surface area contributed by atoms with Crippen LogP contribution in [0.4, 0.5) is 4.39 Å². The van der Waals surface area contributed by atoms with E-state index < -0.39 is 5.82 Å². The SMILES string of the molecule is CN=C(NCc1ccccc1Oc1ccccc1F)NC1CCc2nc(COC)nn2C1.I. The molecule has 176 valence electrons. The van der Waals surface area contributed by atoms with Crippen LogP contribution in [0.15, 0.2) is 53.5 Å². The van der Waals surface area contributed by atoms with E-state index in [-0.39, 0.29) is 35.8 Å². The first kappa shape index (κ1) is 24.9. The number of aromatic nitrogens is 3. The van der Waals surface area contributed by atoms with Gasteiger partial charge in [-0.1, -0.05) is 30.3 Å². The molecule has 2 N–H and O–H groups in total. The Morgan fingerprint density at radius 2 is 1.94 bits per heavy atom.